The molecule has 1 aromatic carbocycles. The number of hydrogen-bond acceptors (Lipinski definition) is 2. The van der Waals surface area contributed by atoms with Gasteiger partial charge in [0.15, 0.2) is 0 Å². The van der Waals surface area contributed by atoms with E-state index in [1.165, 1.54) is 0 Å². The Morgan fingerprint density at radius 2 is 2.06 bits per heavy atom. The number of carbonyl (C=O) groups is 1. The Morgan fingerprint density at radius 3 is 2.78 bits per heavy atom. The molecule has 0 atom stereocenters. The van der Waals surface area contributed by atoms with Crippen LogP contribution in [0.2, 0.25) is 0 Å². The van der Waals surface area contributed by atoms with Gasteiger partial charge in [-0.2, -0.15) is 0 Å². The molecule has 2 aromatic rings. The second-order valence-corrected chi connectivity index (χ2v) is 4.36. The first-order chi connectivity index (χ1) is 8.76. The van der Waals surface area contributed by atoms with Crippen molar-refractivity contribution in [2.75, 3.05) is 6.61 Å². The first kappa shape index (κ1) is 12.7. The van der Waals surface area contributed by atoms with Crippen molar-refractivity contribution in [3.8, 4) is 0 Å². The van der Waals surface area contributed by atoms with Crippen molar-refractivity contribution in [2.24, 2.45) is 0 Å². The Balaban J connectivity index is 2.38. The van der Waals surface area contributed by atoms with Crippen LogP contribution in [0.25, 0.3) is 10.9 Å². The van der Waals surface area contributed by atoms with Crippen LogP contribution in [0.5, 0.6) is 0 Å². The van der Waals surface area contributed by atoms with E-state index in [2.05, 4.69) is 18.0 Å². The lowest BCUT2D eigenvalue weighted by Gasteiger charge is -2.04. The normalized spacial score (nSPS) is 10.8. The molecule has 1 N–H and O–H groups in total. The van der Waals surface area contributed by atoms with Crippen molar-refractivity contribution in [1.82, 2.24) is 4.98 Å². The predicted molar refractivity (Wildman–Crippen MR) is 72.6 cm³/mol. The standard InChI is InChI=1S/C15H19NO2/c1-3-7-13-12(10-15(17)18-4-2)11-8-5-6-9-14(11)16-13/h5-6,8-9,16H,3-4,7,10H2,1-2H3. The van der Waals surface area contributed by atoms with Gasteiger partial charge < -0.3 is 9.72 Å². The zero-order valence-corrected chi connectivity index (χ0v) is 11.0. The zero-order chi connectivity index (χ0) is 13.0. The number of carbonyl (C=O) groups excluding carboxylic acids is 1. The summed E-state index contributed by atoms with van der Waals surface area (Å²) in [6.07, 6.45) is 2.37. The molecular weight excluding hydrogens is 226 g/mol. The topological polar surface area (TPSA) is 42.1 Å². The fraction of sp³-hybridized carbons (Fsp3) is 0.400. The number of esters is 1. The van der Waals surface area contributed by atoms with Crippen molar-refractivity contribution >= 4 is 16.9 Å². The molecule has 0 aliphatic rings. The number of nitrogens with one attached hydrogen (secondary N) is 1. The van der Waals surface area contributed by atoms with E-state index in [1.807, 2.05) is 25.1 Å². The second kappa shape index (κ2) is 5.71. The first-order valence-corrected chi connectivity index (χ1v) is 6.50. The molecule has 1 aromatic heterocycles. The third-order valence-electron chi connectivity index (χ3n) is 3.03. The molecule has 2 rings (SSSR count). The SMILES string of the molecule is CCCc1[nH]c2ccccc2c1CC(=O)OCC. The predicted octanol–water partition coefficient (Wildman–Crippen LogP) is 3.23. The summed E-state index contributed by atoms with van der Waals surface area (Å²) in [5.74, 6) is -0.153. The zero-order valence-electron chi connectivity index (χ0n) is 11.0. The maximum atomic E-state index is 11.7. The van der Waals surface area contributed by atoms with Crippen LogP contribution >= 0.6 is 0 Å². The molecule has 18 heavy (non-hydrogen) atoms. The number of ether oxygens (including phenoxy) is 1. The Bertz CT molecular complexity index is 542. The van der Waals surface area contributed by atoms with Crippen LogP contribution in [0, 0.1) is 0 Å². The number of hydrogen-bond donors (Lipinski definition) is 1. The molecule has 0 radical (unpaired) electrons. The molecule has 0 spiro atoms. The summed E-state index contributed by atoms with van der Waals surface area (Å²) in [6.45, 7) is 4.41. The minimum absolute atomic E-state index is 0.153. The van der Waals surface area contributed by atoms with Crippen LogP contribution in [0.15, 0.2) is 24.3 Å². The fourth-order valence-corrected chi connectivity index (χ4v) is 2.28. The van der Waals surface area contributed by atoms with Crippen molar-refractivity contribution in [3.05, 3.63) is 35.5 Å². The molecule has 0 unspecified atom stereocenters. The Hall–Kier alpha value is -1.77. The average Bonchev–Trinajstić information content (AvgIpc) is 2.69. The number of benzene rings is 1. The van der Waals surface area contributed by atoms with Crippen LogP contribution in [-0.4, -0.2) is 17.6 Å². The maximum Gasteiger partial charge on any atom is 0.310 e. The van der Waals surface area contributed by atoms with E-state index in [-0.39, 0.29) is 5.97 Å². The molecule has 0 saturated carbocycles. The van der Waals surface area contributed by atoms with Crippen molar-refractivity contribution in [2.45, 2.75) is 33.1 Å². The third kappa shape index (κ3) is 2.55. The minimum atomic E-state index is -0.153. The Morgan fingerprint density at radius 1 is 1.28 bits per heavy atom. The molecule has 1 heterocycles. The lowest BCUT2D eigenvalue weighted by Crippen LogP contribution is -2.08. The Labute approximate surface area is 107 Å². The minimum Gasteiger partial charge on any atom is -0.466 e. The molecule has 96 valence electrons. The number of fused-ring (bicyclic) bond motifs is 1. The van der Waals surface area contributed by atoms with Gasteiger partial charge in [-0.25, -0.2) is 0 Å². The number of para-hydroxylation sites is 1. The largest absolute Gasteiger partial charge is 0.466 e. The summed E-state index contributed by atoms with van der Waals surface area (Å²) in [7, 11) is 0. The number of H-pyrrole nitrogens is 1. The quantitative estimate of drug-likeness (QED) is 0.822. The molecule has 3 nitrogen and oxygen atoms in total. The Kier molecular flexibility index (Phi) is 4.03. The third-order valence-corrected chi connectivity index (χ3v) is 3.03. The van der Waals surface area contributed by atoms with Gasteiger partial charge in [0.25, 0.3) is 0 Å². The highest BCUT2D eigenvalue weighted by Crippen LogP contribution is 2.24. The van der Waals surface area contributed by atoms with E-state index >= 15 is 0 Å². The summed E-state index contributed by atoms with van der Waals surface area (Å²) in [5, 5.41) is 1.13. The van der Waals surface area contributed by atoms with Crippen LogP contribution in [0.4, 0.5) is 0 Å². The van der Waals surface area contributed by atoms with Crippen molar-refractivity contribution < 1.29 is 9.53 Å². The number of aryl methyl sites for hydroxylation is 1. The number of rotatable bonds is 5. The van der Waals surface area contributed by atoms with Gasteiger partial charge in [-0.1, -0.05) is 31.5 Å². The van der Waals surface area contributed by atoms with Gasteiger partial charge in [0.1, 0.15) is 0 Å². The van der Waals surface area contributed by atoms with Gasteiger partial charge in [0, 0.05) is 16.6 Å². The van der Waals surface area contributed by atoms with E-state index in [0.717, 1.165) is 35.0 Å². The fourth-order valence-electron chi connectivity index (χ4n) is 2.28. The molecule has 0 fully saturated rings. The molecule has 0 aliphatic carbocycles. The smallest absolute Gasteiger partial charge is 0.310 e. The summed E-state index contributed by atoms with van der Waals surface area (Å²) in [6, 6.07) is 8.10. The van der Waals surface area contributed by atoms with Crippen molar-refractivity contribution in [3.63, 3.8) is 0 Å². The highest BCUT2D eigenvalue weighted by Gasteiger charge is 2.14. The second-order valence-electron chi connectivity index (χ2n) is 4.36. The van der Waals surface area contributed by atoms with Gasteiger partial charge >= 0.3 is 5.97 Å². The molecule has 3 heteroatoms. The summed E-state index contributed by atoms with van der Waals surface area (Å²) < 4.78 is 5.04. The van der Waals surface area contributed by atoms with Crippen LogP contribution in [0.3, 0.4) is 0 Å². The molecule has 0 aliphatic heterocycles. The first-order valence-electron chi connectivity index (χ1n) is 6.50. The van der Waals surface area contributed by atoms with Gasteiger partial charge in [0.2, 0.25) is 0 Å². The van der Waals surface area contributed by atoms with Crippen LogP contribution in [0.1, 0.15) is 31.5 Å². The summed E-state index contributed by atoms with van der Waals surface area (Å²) >= 11 is 0. The van der Waals surface area contributed by atoms with E-state index in [0.29, 0.717) is 13.0 Å². The van der Waals surface area contributed by atoms with E-state index in [4.69, 9.17) is 4.74 Å². The molecular formula is C15H19NO2. The monoisotopic (exact) mass is 245 g/mol. The van der Waals surface area contributed by atoms with Crippen molar-refractivity contribution in [1.29, 1.82) is 0 Å². The number of aromatic nitrogens is 1. The average molecular weight is 245 g/mol. The lowest BCUT2D eigenvalue weighted by atomic mass is 10.1. The van der Waals surface area contributed by atoms with Crippen LogP contribution < -0.4 is 0 Å². The van der Waals surface area contributed by atoms with Gasteiger partial charge in [0.05, 0.1) is 13.0 Å². The number of aromatic amines is 1. The highest BCUT2D eigenvalue weighted by atomic mass is 16.5. The maximum absolute atomic E-state index is 11.7. The lowest BCUT2D eigenvalue weighted by molar-refractivity contribution is -0.142. The van der Waals surface area contributed by atoms with E-state index in [1.54, 1.807) is 0 Å². The summed E-state index contributed by atoms with van der Waals surface area (Å²) in [5.41, 5.74) is 3.35. The molecule has 0 bridgehead atoms. The van der Waals surface area contributed by atoms with E-state index < -0.39 is 0 Å². The van der Waals surface area contributed by atoms with E-state index in [9.17, 15) is 4.79 Å². The van der Waals surface area contributed by atoms with Gasteiger partial charge in [-0.15, -0.1) is 0 Å². The highest BCUT2D eigenvalue weighted by molar-refractivity contribution is 5.88. The van der Waals surface area contributed by atoms with Crippen LogP contribution in [-0.2, 0) is 22.4 Å². The molecule has 0 amide bonds. The summed E-state index contributed by atoms with van der Waals surface area (Å²) in [4.78, 5) is 15.1. The molecule has 0 saturated heterocycles. The van der Waals surface area contributed by atoms with Gasteiger partial charge in [-0.05, 0) is 25.0 Å². The van der Waals surface area contributed by atoms with Gasteiger partial charge in [-0.3, -0.25) is 4.79 Å².